The maximum Gasteiger partial charge on any atom is 0.245 e. The molecular formula is C35H63N5O9. The molecule has 0 aliphatic carbocycles. The third kappa shape index (κ3) is 28.2. The lowest BCUT2D eigenvalue weighted by atomic mass is 10.0. The molecule has 5 amide bonds. The number of carbonyl (C=O) groups is 7. The van der Waals surface area contributed by atoms with Crippen molar-refractivity contribution in [2.75, 3.05) is 26.3 Å². The standard InChI is InChI=1S/C35H63N5O9/c1-28(20-21-33(47)40-30(27-44)35(49)37-24-34(48)39-29(25-42)26-43)38-32(46)19-17-22-36-31(45)18-15-13-11-9-7-5-3-2-4-6-8-10-12-14-16-23-41/h23,25,28-30,43-44H,2-22,24,26-27H2,1H3,(H,36,45)(H,37,49)(H,38,46)(H,39,48)(H,40,47)/t28-,29-,30+/m1/s1. The van der Waals surface area contributed by atoms with Crippen molar-refractivity contribution in [3.05, 3.63) is 0 Å². The number of unbranched alkanes of at least 4 members (excludes halogenated alkanes) is 14. The summed E-state index contributed by atoms with van der Waals surface area (Å²) in [6, 6.07) is -2.71. The highest BCUT2D eigenvalue weighted by atomic mass is 16.3. The number of aliphatic hydroxyl groups is 2. The van der Waals surface area contributed by atoms with E-state index in [0.29, 0.717) is 32.1 Å². The van der Waals surface area contributed by atoms with E-state index in [1.54, 1.807) is 6.92 Å². The third-order valence-corrected chi connectivity index (χ3v) is 8.06. The molecule has 14 heteroatoms. The van der Waals surface area contributed by atoms with E-state index in [0.717, 1.165) is 32.0 Å². The second-order valence-corrected chi connectivity index (χ2v) is 12.6. The Morgan fingerprint density at radius 1 is 0.571 bits per heavy atom. The lowest BCUT2D eigenvalue weighted by Gasteiger charge is -2.18. The molecule has 0 spiro atoms. The lowest BCUT2D eigenvalue weighted by molar-refractivity contribution is -0.131. The van der Waals surface area contributed by atoms with Crippen molar-refractivity contribution in [3.8, 4) is 0 Å². The molecule has 0 bridgehead atoms. The Morgan fingerprint density at radius 2 is 1.10 bits per heavy atom. The second-order valence-electron chi connectivity index (χ2n) is 12.6. The lowest BCUT2D eigenvalue weighted by Crippen LogP contribution is -2.52. The molecule has 0 saturated heterocycles. The first-order chi connectivity index (χ1) is 23.7. The van der Waals surface area contributed by atoms with Crippen LogP contribution in [0.5, 0.6) is 0 Å². The first-order valence-electron chi connectivity index (χ1n) is 18.2. The SMILES string of the molecule is C[C@H](CCC(=O)N[C@@H](CO)C(=O)NCC(=O)N[C@H](C=O)CO)NC(=O)CCCNC(=O)CCCCCCCCCCCCCCCCC=O. The Morgan fingerprint density at radius 3 is 1.63 bits per heavy atom. The van der Waals surface area contributed by atoms with Crippen LogP contribution < -0.4 is 26.6 Å². The highest BCUT2D eigenvalue weighted by molar-refractivity contribution is 5.91. The van der Waals surface area contributed by atoms with Crippen LogP contribution in [0.15, 0.2) is 0 Å². The van der Waals surface area contributed by atoms with Crippen molar-refractivity contribution in [2.24, 2.45) is 0 Å². The molecule has 3 atom stereocenters. The van der Waals surface area contributed by atoms with E-state index >= 15 is 0 Å². The summed E-state index contributed by atoms with van der Waals surface area (Å²) in [5.41, 5.74) is 0. The zero-order valence-corrected chi connectivity index (χ0v) is 29.6. The Labute approximate surface area is 292 Å². The number of carbonyl (C=O) groups excluding carboxylic acids is 7. The van der Waals surface area contributed by atoms with Crippen molar-refractivity contribution in [3.63, 3.8) is 0 Å². The summed E-state index contributed by atoms with van der Waals surface area (Å²) in [5.74, 6) is -2.26. The average Bonchev–Trinajstić information content (AvgIpc) is 3.09. The predicted octanol–water partition coefficient (Wildman–Crippen LogP) is 1.88. The topological polar surface area (TPSA) is 220 Å². The molecule has 282 valence electrons. The predicted molar refractivity (Wildman–Crippen MR) is 186 cm³/mol. The van der Waals surface area contributed by atoms with E-state index < -0.39 is 49.6 Å². The Hall–Kier alpha value is -3.39. The molecule has 0 fully saturated rings. The van der Waals surface area contributed by atoms with Crippen LogP contribution in [0, 0.1) is 0 Å². The molecule has 7 N–H and O–H groups in total. The van der Waals surface area contributed by atoms with Crippen molar-refractivity contribution < 1.29 is 43.8 Å². The van der Waals surface area contributed by atoms with Crippen LogP contribution in [0.2, 0.25) is 0 Å². The fraction of sp³-hybridized carbons (Fsp3) is 0.800. The second kappa shape index (κ2) is 31.9. The number of aliphatic hydroxyl groups excluding tert-OH is 2. The monoisotopic (exact) mass is 697 g/mol. The van der Waals surface area contributed by atoms with Gasteiger partial charge in [0.25, 0.3) is 0 Å². The molecule has 0 radical (unpaired) electrons. The first kappa shape index (κ1) is 45.6. The van der Waals surface area contributed by atoms with Gasteiger partial charge in [0.1, 0.15) is 24.7 Å². The molecule has 0 aromatic heterocycles. The van der Waals surface area contributed by atoms with Crippen LogP contribution in [0.25, 0.3) is 0 Å². The van der Waals surface area contributed by atoms with Crippen molar-refractivity contribution in [2.45, 2.75) is 153 Å². The first-order valence-corrected chi connectivity index (χ1v) is 18.2. The molecular weight excluding hydrogens is 634 g/mol. The summed E-state index contributed by atoms with van der Waals surface area (Å²) >= 11 is 0. The number of rotatable bonds is 33. The highest BCUT2D eigenvalue weighted by Gasteiger charge is 2.21. The largest absolute Gasteiger partial charge is 0.394 e. The normalized spacial score (nSPS) is 12.6. The van der Waals surface area contributed by atoms with Crippen LogP contribution in [-0.2, 0) is 33.6 Å². The Balaban J connectivity index is 3.82. The minimum absolute atomic E-state index is 0.00473. The summed E-state index contributed by atoms with van der Waals surface area (Å²) < 4.78 is 0. The van der Waals surface area contributed by atoms with Crippen molar-refractivity contribution >= 4 is 42.1 Å². The smallest absolute Gasteiger partial charge is 0.245 e. The van der Waals surface area contributed by atoms with Gasteiger partial charge in [0.05, 0.1) is 19.8 Å². The van der Waals surface area contributed by atoms with Gasteiger partial charge in [-0.05, 0) is 32.6 Å². The highest BCUT2D eigenvalue weighted by Crippen LogP contribution is 2.13. The quantitative estimate of drug-likeness (QED) is 0.0393. The number of amides is 5. The Bertz CT molecular complexity index is 950. The summed E-state index contributed by atoms with van der Waals surface area (Å²) in [6.07, 6.45) is 20.2. The molecule has 0 saturated carbocycles. The van der Waals surface area contributed by atoms with Crippen molar-refractivity contribution in [1.29, 1.82) is 0 Å². The average molecular weight is 698 g/mol. The number of nitrogens with one attached hydrogen (secondary N) is 5. The molecule has 0 aromatic rings. The minimum Gasteiger partial charge on any atom is -0.394 e. The minimum atomic E-state index is -1.29. The summed E-state index contributed by atoms with van der Waals surface area (Å²) in [5, 5.41) is 30.8. The van der Waals surface area contributed by atoms with Gasteiger partial charge in [0.2, 0.25) is 29.5 Å². The van der Waals surface area contributed by atoms with Gasteiger partial charge >= 0.3 is 0 Å². The van der Waals surface area contributed by atoms with E-state index in [-0.39, 0.29) is 37.1 Å². The van der Waals surface area contributed by atoms with Gasteiger partial charge in [0, 0.05) is 38.3 Å². The zero-order valence-electron chi connectivity index (χ0n) is 29.6. The van der Waals surface area contributed by atoms with E-state index in [2.05, 4.69) is 26.6 Å². The molecule has 0 aliphatic heterocycles. The number of hydrogen-bond donors (Lipinski definition) is 7. The van der Waals surface area contributed by atoms with Crippen LogP contribution in [-0.4, -0.2) is 96.8 Å². The Kier molecular flexibility index (Phi) is 29.6. The van der Waals surface area contributed by atoms with Gasteiger partial charge in [0.15, 0.2) is 0 Å². The summed E-state index contributed by atoms with van der Waals surface area (Å²) in [6.45, 7) is 0.339. The molecule has 0 aliphatic rings. The number of hydrogen-bond acceptors (Lipinski definition) is 9. The van der Waals surface area contributed by atoms with Gasteiger partial charge < -0.3 is 46.4 Å². The van der Waals surface area contributed by atoms with Gasteiger partial charge in [-0.25, -0.2) is 0 Å². The number of aldehydes is 2. The summed E-state index contributed by atoms with van der Waals surface area (Å²) in [7, 11) is 0. The maximum absolute atomic E-state index is 12.3. The zero-order chi connectivity index (χ0) is 36.5. The van der Waals surface area contributed by atoms with Gasteiger partial charge in [-0.3, -0.25) is 24.0 Å². The fourth-order valence-electron chi connectivity index (χ4n) is 5.10. The summed E-state index contributed by atoms with van der Waals surface area (Å²) in [4.78, 5) is 81.4. The molecule has 0 unspecified atom stereocenters. The maximum atomic E-state index is 12.3. The van der Waals surface area contributed by atoms with E-state index in [1.165, 1.54) is 64.2 Å². The molecule has 0 rings (SSSR count). The van der Waals surface area contributed by atoms with Crippen LogP contribution in [0.1, 0.15) is 135 Å². The van der Waals surface area contributed by atoms with E-state index in [9.17, 15) is 38.7 Å². The van der Waals surface area contributed by atoms with E-state index in [4.69, 9.17) is 5.11 Å². The van der Waals surface area contributed by atoms with E-state index in [1.807, 2.05) is 0 Å². The van der Waals surface area contributed by atoms with Crippen LogP contribution in [0.3, 0.4) is 0 Å². The third-order valence-electron chi connectivity index (χ3n) is 8.06. The van der Waals surface area contributed by atoms with Gasteiger partial charge in [-0.1, -0.05) is 77.0 Å². The van der Waals surface area contributed by atoms with Crippen molar-refractivity contribution in [1.82, 2.24) is 26.6 Å². The van der Waals surface area contributed by atoms with Crippen LogP contribution in [0.4, 0.5) is 0 Å². The fourth-order valence-corrected chi connectivity index (χ4v) is 5.10. The molecule has 49 heavy (non-hydrogen) atoms. The van der Waals surface area contributed by atoms with Gasteiger partial charge in [-0.15, -0.1) is 0 Å². The molecule has 0 heterocycles. The molecule has 14 nitrogen and oxygen atoms in total. The van der Waals surface area contributed by atoms with Crippen LogP contribution >= 0.6 is 0 Å². The molecule has 0 aromatic carbocycles. The van der Waals surface area contributed by atoms with Gasteiger partial charge in [-0.2, -0.15) is 0 Å².